The van der Waals surface area contributed by atoms with Gasteiger partial charge in [-0.3, -0.25) is 4.79 Å². The molecule has 0 saturated heterocycles. The SMILES string of the molecule is CCN(/C=C(/C#N)C(=O)NCc1ccco1)CC. The summed E-state index contributed by atoms with van der Waals surface area (Å²) in [6.45, 7) is 5.73. The predicted molar refractivity (Wildman–Crippen MR) is 67.2 cm³/mol. The minimum absolute atomic E-state index is 0.102. The van der Waals surface area contributed by atoms with Crippen LogP contribution in [0.4, 0.5) is 0 Å². The van der Waals surface area contributed by atoms with Crippen molar-refractivity contribution in [3.05, 3.63) is 35.9 Å². The molecule has 18 heavy (non-hydrogen) atoms. The molecule has 0 bridgehead atoms. The highest BCUT2D eigenvalue weighted by Gasteiger charge is 2.10. The highest BCUT2D eigenvalue weighted by Crippen LogP contribution is 2.01. The first kappa shape index (κ1) is 13.8. The Morgan fingerprint density at radius 2 is 2.28 bits per heavy atom. The van der Waals surface area contributed by atoms with Crippen LogP contribution in [0.15, 0.2) is 34.6 Å². The van der Waals surface area contributed by atoms with Gasteiger partial charge in [0, 0.05) is 19.3 Å². The molecule has 5 heteroatoms. The maximum atomic E-state index is 11.8. The number of nitrogens with zero attached hydrogens (tertiary/aromatic N) is 2. The Hall–Kier alpha value is -2.22. The Morgan fingerprint density at radius 1 is 1.56 bits per heavy atom. The van der Waals surface area contributed by atoms with E-state index < -0.39 is 0 Å². The van der Waals surface area contributed by atoms with E-state index in [1.807, 2.05) is 24.8 Å². The van der Waals surface area contributed by atoms with E-state index in [2.05, 4.69) is 5.32 Å². The fourth-order valence-electron chi connectivity index (χ4n) is 1.40. The van der Waals surface area contributed by atoms with Crippen LogP contribution < -0.4 is 5.32 Å². The van der Waals surface area contributed by atoms with Crippen LogP contribution in [-0.4, -0.2) is 23.9 Å². The van der Waals surface area contributed by atoms with Gasteiger partial charge in [0.05, 0.1) is 12.8 Å². The lowest BCUT2D eigenvalue weighted by Gasteiger charge is -2.15. The summed E-state index contributed by atoms with van der Waals surface area (Å²) in [5.74, 6) is 0.268. The monoisotopic (exact) mass is 247 g/mol. The molecule has 1 aromatic heterocycles. The normalized spacial score (nSPS) is 10.8. The lowest BCUT2D eigenvalue weighted by Crippen LogP contribution is -2.26. The van der Waals surface area contributed by atoms with Crippen LogP contribution in [0.2, 0.25) is 0 Å². The summed E-state index contributed by atoms with van der Waals surface area (Å²) in [6.07, 6.45) is 3.12. The first-order chi connectivity index (χ1) is 8.71. The van der Waals surface area contributed by atoms with Crippen LogP contribution in [-0.2, 0) is 11.3 Å². The second-order valence-corrected chi connectivity index (χ2v) is 3.64. The average Bonchev–Trinajstić information content (AvgIpc) is 2.90. The lowest BCUT2D eigenvalue weighted by molar-refractivity contribution is -0.117. The van der Waals surface area contributed by atoms with Crippen molar-refractivity contribution in [2.45, 2.75) is 20.4 Å². The highest BCUT2D eigenvalue weighted by molar-refractivity contribution is 5.97. The maximum absolute atomic E-state index is 11.8. The number of rotatable bonds is 6. The summed E-state index contributed by atoms with van der Waals surface area (Å²) in [6, 6.07) is 5.42. The smallest absolute Gasteiger partial charge is 0.263 e. The zero-order chi connectivity index (χ0) is 13.4. The van der Waals surface area contributed by atoms with Crippen molar-refractivity contribution in [1.29, 1.82) is 5.26 Å². The molecule has 1 heterocycles. The van der Waals surface area contributed by atoms with Gasteiger partial charge in [-0.2, -0.15) is 5.26 Å². The fourth-order valence-corrected chi connectivity index (χ4v) is 1.40. The van der Waals surface area contributed by atoms with Crippen LogP contribution in [0.1, 0.15) is 19.6 Å². The minimum atomic E-state index is -0.388. The number of hydrogen-bond donors (Lipinski definition) is 1. The first-order valence-corrected chi connectivity index (χ1v) is 5.87. The van der Waals surface area contributed by atoms with Gasteiger partial charge in [0.15, 0.2) is 0 Å². The zero-order valence-corrected chi connectivity index (χ0v) is 10.6. The first-order valence-electron chi connectivity index (χ1n) is 5.87. The molecule has 0 aliphatic rings. The van der Waals surface area contributed by atoms with Gasteiger partial charge < -0.3 is 14.6 Å². The number of nitriles is 1. The molecule has 0 unspecified atom stereocenters. The number of hydrogen-bond acceptors (Lipinski definition) is 4. The van der Waals surface area contributed by atoms with Crippen molar-refractivity contribution in [1.82, 2.24) is 10.2 Å². The summed E-state index contributed by atoms with van der Waals surface area (Å²) in [5, 5.41) is 11.6. The molecular weight excluding hydrogens is 230 g/mol. The van der Waals surface area contributed by atoms with Crippen molar-refractivity contribution in [2.24, 2.45) is 0 Å². The third-order valence-corrected chi connectivity index (χ3v) is 2.49. The summed E-state index contributed by atoms with van der Waals surface area (Å²) in [4.78, 5) is 13.7. The maximum Gasteiger partial charge on any atom is 0.263 e. The summed E-state index contributed by atoms with van der Waals surface area (Å²) in [7, 11) is 0. The number of nitrogens with one attached hydrogen (secondary N) is 1. The van der Waals surface area contributed by atoms with Crippen LogP contribution >= 0.6 is 0 Å². The molecule has 1 amide bonds. The molecule has 0 saturated carbocycles. The summed E-state index contributed by atoms with van der Waals surface area (Å²) >= 11 is 0. The summed E-state index contributed by atoms with van der Waals surface area (Å²) < 4.78 is 5.09. The fraction of sp³-hybridized carbons (Fsp3) is 0.385. The summed E-state index contributed by atoms with van der Waals surface area (Å²) in [5.41, 5.74) is 0.102. The van der Waals surface area contributed by atoms with E-state index in [-0.39, 0.29) is 18.0 Å². The molecular formula is C13H17N3O2. The van der Waals surface area contributed by atoms with Crippen LogP contribution in [0.3, 0.4) is 0 Å². The van der Waals surface area contributed by atoms with Gasteiger partial charge in [0.2, 0.25) is 0 Å². The lowest BCUT2D eigenvalue weighted by atomic mass is 10.3. The van der Waals surface area contributed by atoms with Gasteiger partial charge in [0.1, 0.15) is 17.4 Å². The van der Waals surface area contributed by atoms with E-state index in [1.54, 1.807) is 24.6 Å². The van der Waals surface area contributed by atoms with E-state index in [4.69, 9.17) is 9.68 Å². The van der Waals surface area contributed by atoms with Gasteiger partial charge >= 0.3 is 0 Å². The highest BCUT2D eigenvalue weighted by atomic mass is 16.3. The molecule has 0 radical (unpaired) electrons. The molecule has 96 valence electrons. The van der Waals surface area contributed by atoms with Crippen molar-refractivity contribution in [3.63, 3.8) is 0 Å². The van der Waals surface area contributed by atoms with Crippen molar-refractivity contribution in [2.75, 3.05) is 13.1 Å². The molecule has 0 spiro atoms. The Bertz CT molecular complexity index is 439. The number of amides is 1. The molecule has 1 rings (SSSR count). The Kier molecular flexibility index (Phi) is 5.52. The topological polar surface area (TPSA) is 69.3 Å². The third-order valence-electron chi connectivity index (χ3n) is 2.49. The van der Waals surface area contributed by atoms with E-state index in [1.165, 1.54) is 0 Å². The van der Waals surface area contributed by atoms with Gasteiger partial charge in [-0.05, 0) is 26.0 Å². The van der Waals surface area contributed by atoms with Gasteiger partial charge in [-0.15, -0.1) is 0 Å². The van der Waals surface area contributed by atoms with E-state index >= 15 is 0 Å². The van der Waals surface area contributed by atoms with Crippen LogP contribution in [0, 0.1) is 11.3 Å². The molecule has 0 aromatic carbocycles. The largest absolute Gasteiger partial charge is 0.467 e. The van der Waals surface area contributed by atoms with Gasteiger partial charge in [-0.1, -0.05) is 0 Å². The van der Waals surface area contributed by atoms with Gasteiger partial charge in [0.25, 0.3) is 5.91 Å². The zero-order valence-electron chi connectivity index (χ0n) is 10.6. The Morgan fingerprint density at radius 3 is 2.78 bits per heavy atom. The average molecular weight is 247 g/mol. The Labute approximate surface area is 107 Å². The molecule has 0 atom stereocenters. The van der Waals surface area contributed by atoms with Crippen molar-refractivity contribution >= 4 is 5.91 Å². The quantitative estimate of drug-likeness (QED) is 0.613. The van der Waals surface area contributed by atoms with E-state index in [0.29, 0.717) is 5.76 Å². The second-order valence-electron chi connectivity index (χ2n) is 3.64. The Balaban J connectivity index is 2.60. The molecule has 0 fully saturated rings. The van der Waals surface area contributed by atoms with Crippen LogP contribution in [0.25, 0.3) is 0 Å². The molecule has 0 aliphatic heterocycles. The van der Waals surface area contributed by atoms with Crippen molar-refractivity contribution < 1.29 is 9.21 Å². The third kappa shape index (κ3) is 3.98. The van der Waals surface area contributed by atoms with Crippen molar-refractivity contribution in [3.8, 4) is 6.07 Å². The standard InChI is InChI=1S/C13H17N3O2/c1-3-16(4-2)10-11(8-14)13(17)15-9-12-6-5-7-18-12/h5-7,10H,3-4,9H2,1-2H3,(H,15,17)/b11-10-. The minimum Gasteiger partial charge on any atom is -0.467 e. The molecule has 1 aromatic rings. The molecule has 1 N–H and O–H groups in total. The van der Waals surface area contributed by atoms with Crippen LogP contribution in [0.5, 0.6) is 0 Å². The molecule has 5 nitrogen and oxygen atoms in total. The van der Waals surface area contributed by atoms with E-state index in [0.717, 1.165) is 13.1 Å². The number of furan rings is 1. The van der Waals surface area contributed by atoms with E-state index in [9.17, 15) is 4.79 Å². The number of carbonyl (C=O) groups excluding carboxylic acids is 1. The second kappa shape index (κ2) is 7.17. The number of carbonyl (C=O) groups is 1. The predicted octanol–water partition coefficient (Wildman–Crippen LogP) is 1.65. The van der Waals surface area contributed by atoms with Gasteiger partial charge in [-0.25, -0.2) is 0 Å². The molecule has 0 aliphatic carbocycles.